The summed E-state index contributed by atoms with van der Waals surface area (Å²) in [6, 6.07) is 0. The predicted molar refractivity (Wildman–Crippen MR) is 55.6 cm³/mol. The Morgan fingerprint density at radius 3 is 2.43 bits per heavy atom. The van der Waals surface area contributed by atoms with Gasteiger partial charge in [-0.15, -0.1) is 12.4 Å². The van der Waals surface area contributed by atoms with E-state index < -0.39 is 16.9 Å². The molecule has 4 nitrogen and oxygen atoms in total. The highest BCUT2D eigenvalue weighted by atomic mass is 35.5. The first-order valence-electron chi connectivity index (χ1n) is 4.50. The molecular formula is C9H18ClNO3. The molecule has 3 N–H and O–H groups in total. The lowest BCUT2D eigenvalue weighted by Crippen LogP contribution is -2.73. The van der Waals surface area contributed by atoms with E-state index in [1.165, 1.54) is 0 Å². The molecular weight excluding hydrogens is 206 g/mol. The van der Waals surface area contributed by atoms with Gasteiger partial charge in [-0.25, -0.2) is 0 Å². The number of aliphatic carboxylic acids is 1. The molecule has 1 aliphatic carbocycles. The Morgan fingerprint density at radius 2 is 2.14 bits per heavy atom. The third-order valence-electron chi connectivity index (χ3n) is 3.21. The monoisotopic (exact) mass is 223 g/mol. The highest BCUT2D eigenvalue weighted by molar-refractivity contribution is 5.85. The maximum Gasteiger partial charge on any atom is 0.324 e. The van der Waals surface area contributed by atoms with Crippen molar-refractivity contribution in [1.82, 2.24) is 0 Å². The van der Waals surface area contributed by atoms with Crippen molar-refractivity contribution in [2.45, 2.75) is 38.8 Å². The van der Waals surface area contributed by atoms with Crippen molar-refractivity contribution < 1.29 is 14.6 Å². The van der Waals surface area contributed by atoms with Gasteiger partial charge in [-0.05, 0) is 6.92 Å². The van der Waals surface area contributed by atoms with Crippen LogP contribution in [0, 0.1) is 5.41 Å². The molecule has 1 fully saturated rings. The first-order chi connectivity index (χ1) is 5.86. The Hall–Kier alpha value is -0.320. The third-order valence-corrected chi connectivity index (χ3v) is 3.21. The highest BCUT2D eigenvalue weighted by Gasteiger charge is 2.63. The largest absolute Gasteiger partial charge is 0.480 e. The van der Waals surface area contributed by atoms with Crippen LogP contribution in [0.3, 0.4) is 0 Å². The molecule has 0 aromatic carbocycles. The van der Waals surface area contributed by atoms with Crippen molar-refractivity contribution in [2.24, 2.45) is 11.1 Å². The van der Waals surface area contributed by atoms with Gasteiger partial charge in [0.25, 0.3) is 0 Å². The zero-order chi connectivity index (χ0) is 10.3. The van der Waals surface area contributed by atoms with Gasteiger partial charge in [0.05, 0.1) is 6.10 Å². The summed E-state index contributed by atoms with van der Waals surface area (Å²) in [7, 11) is 0. The van der Waals surface area contributed by atoms with Gasteiger partial charge in [0.15, 0.2) is 0 Å². The SMILES string of the molecule is CCOC1CC(N)(C(=O)O)C1(C)C.Cl. The molecule has 0 amide bonds. The lowest BCUT2D eigenvalue weighted by Gasteiger charge is -2.56. The minimum atomic E-state index is -1.12. The molecule has 2 atom stereocenters. The minimum Gasteiger partial charge on any atom is -0.480 e. The van der Waals surface area contributed by atoms with Gasteiger partial charge >= 0.3 is 5.97 Å². The summed E-state index contributed by atoms with van der Waals surface area (Å²) in [5.41, 5.74) is 4.17. The number of hydrogen-bond acceptors (Lipinski definition) is 3. The van der Waals surface area contributed by atoms with E-state index in [0.717, 1.165) is 0 Å². The van der Waals surface area contributed by atoms with Crippen LogP contribution in [-0.4, -0.2) is 29.3 Å². The summed E-state index contributed by atoms with van der Waals surface area (Å²) >= 11 is 0. The molecule has 2 unspecified atom stereocenters. The molecule has 0 aromatic rings. The zero-order valence-electron chi connectivity index (χ0n) is 8.74. The van der Waals surface area contributed by atoms with E-state index in [-0.39, 0.29) is 18.5 Å². The molecule has 0 aromatic heterocycles. The smallest absolute Gasteiger partial charge is 0.324 e. The van der Waals surface area contributed by atoms with Gasteiger partial charge in [0.2, 0.25) is 0 Å². The second-order valence-corrected chi connectivity index (χ2v) is 4.15. The second-order valence-electron chi connectivity index (χ2n) is 4.15. The van der Waals surface area contributed by atoms with Gasteiger partial charge in [0.1, 0.15) is 5.54 Å². The first-order valence-corrected chi connectivity index (χ1v) is 4.50. The van der Waals surface area contributed by atoms with Crippen LogP contribution in [0.4, 0.5) is 0 Å². The predicted octanol–water partition coefficient (Wildman–Crippen LogP) is 1.03. The van der Waals surface area contributed by atoms with Gasteiger partial charge in [0, 0.05) is 18.4 Å². The number of hydrogen-bond donors (Lipinski definition) is 2. The van der Waals surface area contributed by atoms with Gasteiger partial charge in [-0.3, -0.25) is 4.79 Å². The summed E-state index contributed by atoms with van der Waals surface area (Å²) in [5.74, 6) is -0.937. The van der Waals surface area contributed by atoms with Crippen molar-refractivity contribution in [3.05, 3.63) is 0 Å². The molecule has 0 aliphatic heterocycles. The Bertz CT molecular complexity index is 232. The molecule has 0 spiro atoms. The molecule has 0 bridgehead atoms. The standard InChI is InChI=1S/C9H17NO3.ClH/c1-4-13-6-5-9(10,7(11)12)8(6,2)3;/h6H,4-5,10H2,1-3H3,(H,11,12);1H. The summed E-state index contributed by atoms with van der Waals surface area (Å²) in [6.07, 6.45) is 0.377. The van der Waals surface area contributed by atoms with Crippen LogP contribution in [0.2, 0.25) is 0 Å². The fraction of sp³-hybridized carbons (Fsp3) is 0.889. The van der Waals surface area contributed by atoms with Crippen molar-refractivity contribution >= 4 is 18.4 Å². The van der Waals surface area contributed by atoms with E-state index in [0.29, 0.717) is 13.0 Å². The third kappa shape index (κ3) is 1.62. The van der Waals surface area contributed by atoms with E-state index in [1.54, 1.807) is 0 Å². The Kier molecular flexibility index (Phi) is 3.95. The van der Waals surface area contributed by atoms with Gasteiger partial charge in [-0.2, -0.15) is 0 Å². The van der Waals surface area contributed by atoms with Crippen molar-refractivity contribution in [2.75, 3.05) is 6.61 Å². The molecule has 0 saturated heterocycles. The lowest BCUT2D eigenvalue weighted by molar-refractivity contribution is -0.184. The van der Waals surface area contributed by atoms with E-state index in [4.69, 9.17) is 15.6 Å². The van der Waals surface area contributed by atoms with Gasteiger partial charge in [-0.1, -0.05) is 13.8 Å². The molecule has 1 saturated carbocycles. The Labute approximate surface area is 90.2 Å². The van der Waals surface area contributed by atoms with Crippen molar-refractivity contribution in [3.63, 3.8) is 0 Å². The van der Waals surface area contributed by atoms with Crippen LogP contribution in [0.1, 0.15) is 27.2 Å². The Morgan fingerprint density at radius 1 is 1.64 bits per heavy atom. The summed E-state index contributed by atoms with van der Waals surface area (Å²) < 4.78 is 5.40. The number of carboxylic acid groups (broad SMARTS) is 1. The van der Waals surface area contributed by atoms with Crippen LogP contribution >= 0.6 is 12.4 Å². The average Bonchev–Trinajstić information content (AvgIpc) is 2.03. The number of carbonyl (C=O) groups is 1. The summed E-state index contributed by atoms with van der Waals surface area (Å²) in [4.78, 5) is 10.9. The number of nitrogens with two attached hydrogens (primary N) is 1. The van der Waals surface area contributed by atoms with E-state index >= 15 is 0 Å². The maximum absolute atomic E-state index is 10.9. The molecule has 0 radical (unpaired) electrons. The van der Waals surface area contributed by atoms with Crippen molar-refractivity contribution in [3.8, 4) is 0 Å². The van der Waals surface area contributed by atoms with Crippen LogP contribution in [0.15, 0.2) is 0 Å². The molecule has 14 heavy (non-hydrogen) atoms. The lowest BCUT2D eigenvalue weighted by atomic mass is 9.54. The van der Waals surface area contributed by atoms with Crippen LogP contribution in [-0.2, 0) is 9.53 Å². The number of ether oxygens (including phenoxy) is 1. The van der Waals surface area contributed by atoms with E-state index in [1.807, 2.05) is 20.8 Å². The molecule has 1 rings (SSSR count). The fourth-order valence-electron chi connectivity index (χ4n) is 1.80. The van der Waals surface area contributed by atoms with E-state index in [2.05, 4.69) is 0 Å². The van der Waals surface area contributed by atoms with Crippen LogP contribution in [0.25, 0.3) is 0 Å². The second kappa shape index (κ2) is 4.04. The number of rotatable bonds is 3. The summed E-state index contributed by atoms with van der Waals surface area (Å²) in [5, 5.41) is 8.93. The average molecular weight is 224 g/mol. The fourth-order valence-corrected chi connectivity index (χ4v) is 1.80. The molecule has 1 aliphatic rings. The molecule has 84 valence electrons. The topological polar surface area (TPSA) is 72.5 Å². The highest BCUT2D eigenvalue weighted by Crippen LogP contribution is 2.49. The van der Waals surface area contributed by atoms with E-state index in [9.17, 15) is 4.79 Å². The number of halogens is 1. The molecule has 5 heteroatoms. The maximum atomic E-state index is 10.9. The molecule has 0 heterocycles. The summed E-state index contributed by atoms with van der Waals surface area (Å²) in [6.45, 7) is 6.17. The van der Waals surface area contributed by atoms with Gasteiger partial charge < -0.3 is 15.6 Å². The first kappa shape index (κ1) is 13.7. The van der Waals surface area contributed by atoms with Crippen molar-refractivity contribution in [1.29, 1.82) is 0 Å². The Balaban J connectivity index is 0.00000169. The zero-order valence-corrected chi connectivity index (χ0v) is 9.56. The normalized spacial score (nSPS) is 34.1. The van der Waals surface area contributed by atoms with Crippen LogP contribution in [0.5, 0.6) is 0 Å². The van der Waals surface area contributed by atoms with Crippen LogP contribution < -0.4 is 5.73 Å². The minimum absolute atomic E-state index is 0. The number of carboxylic acids is 1. The quantitative estimate of drug-likeness (QED) is 0.750.